The van der Waals surface area contributed by atoms with Gasteiger partial charge in [-0.2, -0.15) is 0 Å². The molecule has 0 radical (unpaired) electrons. The fourth-order valence-corrected chi connectivity index (χ4v) is 3.14. The maximum atomic E-state index is 12.9. The van der Waals surface area contributed by atoms with Crippen LogP contribution in [0.5, 0.6) is 0 Å². The van der Waals surface area contributed by atoms with E-state index < -0.39 is 0 Å². The summed E-state index contributed by atoms with van der Waals surface area (Å²) in [7, 11) is 1.68. The fourth-order valence-electron chi connectivity index (χ4n) is 3.14. The van der Waals surface area contributed by atoms with Crippen LogP contribution in [0.3, 0.4) is 0 Å². The molecule has 0 unspecified atom stereocenters. The van der Waals surface area contributed by atoms with Crippen molar-refractivity contribution in [3.63, 3.8) is 0 Å². The molecule has 1 aromatic heterocycles. The molecule has 1 aliphatic heterocycles. The standard InChI is InChI=1S/C20H27N5O2/c1-16-15-18(23-20(22-16)21-9-6-14-27-2)19(26)25-12-10-24(11-13-25)17-7-4-3-5-8-17/h3-5,7-8,15H,6,9-14H2,1-2H3,(H,21,22,23). The Kier molecular flexibility index (Phi) is 6.59. The van der Waals surface area contributed by atoms with Gasteiger partial charge >= 0.3 is 0 Å². The molecule has 27 heavy (non-hydrogen) atoms. The molecule has 7 heteroatoms. The van der Waals surface area contributed by atoms with E-state index in [2.05, 4.69) is 32.3 Å². The minimum absolute atomic E-state index is 0.0341. The van der Waals surface area contributed by atoms with Crippen LogP contribution in [-0.4, -0.2) is 67.2 Å². The largest absolute Gasteiger partial charge is 0.385 e. The molecule has 0 aliphatic carbocycles. The van der Waals surface area contributed by atoms with Crippen molar-refractivity contribution >= 4 is 17.5 Å². The summed E-state index contributed by atoms with van der Waals surface area (Å²) in [6.07, 6.45) is 0.860. The van der Waals surface area contributed by atoms with Crippen molar-refractivity contribution < 1.29 is 9.53 Å². The Hall–Kier alpha value is -2.67. The third-order valence-corrected chi connectivity index (χ3v) is 4.57. The average Bonchev–Trinajstić information content (AvgIpc) is 2.71. The number of ether oxygens (including phenoxy) is 1. The summed E-state index contributed by atoms with van der Waals surface area (Å²) in [6.45, 7) is 6.29. The highest BCUT2D eigenvalue weighted by molar-refractivity contribution is 5.92. The summed E-state index contributed by atoms with van der Waals surface area (Å²) in [4.78, 5) is 25.9. The van der Waals surface area contributed by atoms with Crippen LogP contribution in [0.2, 0.25) is 0 Å². The number of aryl methyl sites for hydroxylation is 1. The van der Waals surface area contributed by atoms with Crippen molar-refractivity contribution in [2.24, 2.45) is 0 Å². The highest BCUT2D eigenvalue weighted by atomic mass is 16.5. The molecule has 144 valence electrons. The maximum absolute atomic E-state index is 12.9. The van der Waals surface area contributed by atoms with Crippen LogP contribution < -0.4 is 10.2 Å². The molecule has 1 amide bonds. The Morgan fingerprint density at radius 1 is 1.15 bits per heavy atom. The van der Waals surface area contributed by atoms with Crippen molar-refractivity contribution in [1.29, 1.82) is 0 Å². The lowest BCUT2D eigenvalue weighted by molar-refractivity contribution is 0.0740. The lowest BCUT2D eigenvalue weighted by Crippen LogP contribution is -2.49. The van der Waals surface area contributed by atoms with Crippen molar-refractivity contribution in [3.8, 4) is 0 Å². The zero-order chi connectivity index (χ0) is 19.1. The molecule has 1 fully saturated rings. The minimum atomic E-state index is -0.0341. The van der Waals surface area contributed by atoms with Crippen molar-refractivity contribution in [2.45, 2.75) is 13.3 Å². The van der Waals surface area contributed by atoms with Crippen LogP contribution in [-0.2, 0) is 4.74 Å². The molecule has 7 nitrogen and oxygen atoms in total. The van der Waals surface area contributed by atoms with Crippen molar-refractivity contribution in [2.75, 3.05) is 56.7 Å². The number of hydrogen-bond donors (Lipinski definition) is 1. The second kappa shape index (κ2) is 9.32. The predicted molar refractivity (Wildman–Crippen MR) is 106 cm³/mol. The summed E-state index contributed by atoms with van der Waals surface area (Å²) in [6, 6.07) is 12.1. The minimum Gasteiger partial charge on any atom is -0.385 e. The molecule has 1 aromatic carbocycles. The van der Waals surface area contributed by atoms with Gasteiger partial charge in [0.25, 0.3) is 5.91 Å². The number of benzene rings is 1. The Labute approximate surface area is 160 Å². The number of methoxy groups -OCH3 is 1. The van der Waals surface area contributed by atoms with Crippen LogP contribution in [0.15, 0.2) is 36.4 Å². The lowest BCUT2D eigenvalue weighted by Gasteiger charge is -2.36. The monoisotopic (exact) mass is 369 g/mol. The van der Waals surface area contributed by atoms with E-state index >= 15 is 0 Å². The molecule has 0 bridgehead atoms. The number of aromatic nitrogens is 2. The summed E-state index contributed by atoms with van der Waals surface area (Å²) in [5, 5.41) is 3.17. The first-order chi connectivity index (χ1) is 13.2. The molecule has 1 aliphatic rings. The van der Waals surface area contributed by atoms with Gasteiger partial charge in [-0.25, -0.2) is 9.97 Å². The van der Waals surface area contributed by atoms with E-state index in [1.54, 1.807) is 13.2 Å². The number of amides is 1. The first kappa shape index (κ1) is 19.1. The molecule has 1 saturated heterocycles. The summed E-state index contributed by atoms with van der Waals surface area (Å²) in [5.74, 6) is 0.463. The topological polar surface area (TPSA) is 70.6 Å². The number of piperazine rings is 1. The van der Waals surface area contributed by atoms with Gasteiger partial charge in [-0.15, -0.1) is 0 Å². The van der Waals surface area contributed by atoms with Crippen LogP contribution in [0.4, 0.5) is 11.6 Å². The van der Waals surface area contributed by atoms with Gasteiger partial charge in [0.1, 0.15) is 5.69 Å². The van der Waals surface area contributed by atoms with Gasteiger partial charge in [0, 0.05) is 57.8 Å². The fraction of sp³-hybridized carbons (Fsp3) is 0.450. The molecule has 2 heterocycles. The number of anilines is 2. The summed E-state index contributed by atoms with van der Waals surface area (Å²) in [5.41, 5.74) is 2.43. The van der Waals surface area contributed by atoms with Gasteiger partial charge < -0.3 is 19.9 Å². The van der Waals surface area contributed by atoms with E-state index in [1.807, 2.05) is 30.0 Å². The van der Waals surface area contributed by atoms with Gasteiger partial charge in [-0.1, -0.05) is 18.2 Å². The first-order valence-corrected chi connectivity index (χ1v) is 9.35. The van der Waals surface area contributed by atoms with Crippen LogP contribution in [0.25, 0.3) is 0 Å². The normalized spacial score (nSPS) is 14.3. The van der Waals surface area contributed by atoms with Crippen LogP contribution in [0.1, 0.15) is 22.6 Å². The van der Waals surface area contributed by atoms with Crippen LogP contribution >= 0.6 is 0 Å². The first-order valence-electron chi connectivity index (χ1n) is 9.35. The van der Waals surface area contributed by atoms with Gasteiger partial charge in [0.15, 0.2) is 0 Å². The lowest BCUT2D eigenvalue weighted by atomic mass is 10.2. The number of nitrogens with one attached hydrogen (secondary N) is 1. The predicted octanol–water partition coefficient (Wildman–Crippen LogP) is 2.20. The summed E-state index contributed by atoms with van der Waals surface area (Å²) >= 11 is 0. The van der Waals surface area contributed by atoms with E-state index in [-0.39, 0.29) is 5.91 Å². The Morgan fingerprint density at radius 2 is 1.89 bits per heavy atom. The molecule has 2 aromatic rings. The zero-order valence-electron chi connectivity index (χ0n) is 16.0. The molecular weight excluding hydrogens is 342 g/mol. The van der Waals surface area contributed by atoms with Gasteiger partial charge in [-0.3, -0.25) is 4.79 Å². The van der Waals surface area contributed by atoms with E-state index in [9.17, 15) is 4.79 Å². The van der Waals surface area contributed by atoms with Crippen molar-refractivity contribution in [1.82, 2.24) is 14.9 Å². The highest BCUT2D eigenvalue weighted by Gasteiger charge is 2.23. The number of carbonyl (C=O) groups excluding carboxylic acids is 1. The zero-order valence-corrected chi connectivity index (χ0v) is 16.0. The van der Waals surface area contributed by atoms with E-state index in [4.69, 9.17) is 4.74 Å². The van der Waals surface area contributed by atoms with Gasteiger partial charge in [0.2, 0.25) is 5.95 Å². The molecule has 3 rings (SSSR count). The molecule has 0 saturated carbocycles. The second-order valence-corrected chi connectivity index (χ2v) is 6.61. The van der Waals surface area contributed by atoms with Gasteiger partial charge in [0.05, 0.1) is 0 Å². The van der Waals surface area contributed by atoms with Crippen molar-refractivity contribution in [3.05, 3.63) is 47.8 Å². The number of nitrogens with zero attached hydrogens (tertiary/aromatic N) is 4. The number of carbonyl (C=O) groups is 1. The third-order valence-electron chi connectivity index (χ3n) is 4.57. The Morgan fingerprint density at radius 3 is 2.59 bits per heavy atom. The number of para-hydroxylation sites is 1. The molecule has 0 spiro atoms. The summed E-state index contributed by atoms with van der Waals surface area (Å²) < 4.78 is 5.04. The van der Waals surface area contributed by atoms with Gasteiger partial charge in [-0.05, 0) is 31.5 Å². The quantitative estimate of drug-likeness (QED) is 0.755. The molecule has 0 atom stereocenters. The second-order valence-electron chi connectivity index (χ2n) is 6.61. The smallest absolute Gasteiger partial charge is 0.272 e. The SMILES string of the molecule is COCCCNc1nc(C)cc(C(=O)N2CCN(c3ccccc3)CC2)n1. The highest BCUT2D eigenvalue weighted by Crippen LogP contribution is 2.17. The third kappa shape index (κ3) is 5.17. The average molecular weight is 369 g/mol. The van der Waals surface area contributed by atoms with Crippen LogP contribution in [0, 0.1) is 6.92 Å². The Bertz CT molecular complexity index is 745. The van der Waals surface area contributed by atoms with E-state index in [1.165, 1.54) is 5.69 Å². The van der Waals surface area contributed by atoms with E-state index in [0.29, 0.717) is 37.9 Å². The molecular formula is C20H27N5O2. The Balaban J connectivity index is 1.60. The molecule has 1 N–H and O–H groups in total. The van der Waals surface area contributed by atoms with E-state index in [0.717, 1.165) is 25.2 Å². The number of hydrogen-bond acceptors (Lipinski definition) is 6. The maximum Gasteiger partial charge on any atom is 0.272 e. The number of rotatable bonds is 7.